The number of piperazine rings is 1. The summed E-state index contributed by atoms with van der Waals surface area (Å²) in [4.78, 5) is 31.9. The average Bonchev–Trinajstić information content (AvgIpc) is 2.69. The molecule has 6 nitrogen and oxygen atoms in total. The van der Waals surface area contributed by atoms with Gasteiger partial charge in [-0.05, 0) is 30.5 Å². The minimum absolute atomic E-state index is 0.157. The summed E-state index contributed by atoms with van der Waals surface area (Å²) < 4.78 is 5.34. The highest BCUT2D eigenvalue weighted by molar-refractivity contribution is 6.30. The second kappa shape index (κ2) is 8.39. The number of morpholine rings is 1. The number of hydrogen-bond acceptors (Lipinski definition) is 4. The van der Waals surface area contributed by atoms with E-state index in [-0.39, 0.29) is 11.8 Å². The molecular formula is C21H28ClN3O3. The van der Waals surface area contributed by atoms with Crippen LogP contribution in [0.2, 0.25) is 5.02 Å². The Kier molecular flexibility index (Phi) is 5.90. The van der Waals surface area contributed by atoms with Crippen molar-refractivity contribution in [3.8, 4) is 0 Å². The van der Waals surface area contributed by atoms with E-state index in [0.717, 1.165) is 37.9 Å². The van der Waals surface area contributed by atoms with Gasteiger partial charge in [0.25, 0.3) is 0 Å². The van der Waals surface area contributed by atoms with Gasteiger partial charge >= 0.3 is 0 Å². The van der Waals surface area contributed by atoms with Crippen molar-refractivity contribution >= 4 is 23.4 Å². The normalized spacial score (nSPS) is 22.6. The molecule has 3 fully saturated rings. The van der Waals surface area contributed by atoms with Crippen LogP contribution in [0, 0.1) is 0 Å². The molecule has 1 aromatic carbocycles. The van der Waals surface area contributed by atoms with Gasteiger partial charge in [-0.1, -0.05) is 30.2 Å². The fourth-order valence-corrected chi connectivity index (χ4v) is 4.56. The fourth-order valence-electron chi connectivity index (χ4n) is 4.44. The molecule has 0 N–H and O–H groups in total. The number of carbonyl (C=O) groups excluding carboxylic acids is 2. The summed E-state index contributed by atoms with van der Waals surface area (Å²) in [5, 5.41) is 0.693. The third-order valence-electron chi connectivity index (χ3n) is 6.40. The van der Waals surface area contributed by atoms with Gasteiger partial charge in [0.15, 0.2) is 0 Å². The molecule has 0 unspecified atom stereocenters. The number of hydrogen-bond donors (Lipinski definition) is 0. The molecule has 1 aliphatic carbocycles. The van der Waals surface area contributed by atoms with E-state index in [1.807, 2.05) is 34.1 Å². The summed E-state index contributed by atoms with van der Waals surface area (Å²) in [5.41, 5.74) is 0.670. The van der Waals surface area contributed by atoms with Gasteiger partial charge in [-0.25, -0.2) is 0 Å². The Morgan fingerprint density at radius 2 is 1.54 bits per heavy atom. The predicted octanol–water partition coefficient (Wildman–Crippen LogP) is 1.76. The molecular weight excluding hydrogens is 378 g/mol. The van der Waals surface area contributed by atoms with E-state index in [9.17, 15) is 9.59 Å². The van der Waals surface area contributed by atoms with Crippen LogP contribution in [0.4, 0.5) is 0 Å². The maximum absolute atomic E-state index is 13.3. The van der Waals surface area contributed by atoms with Crippen LogP contribution < -0.4 is 0 Å². The first-order chi connectivity index (χ1) is 13.6. The molecule has 4 rings (SSSR count). The zero-order valence-corrected chi connectivity index (χ0v) is 17.0. The molecule has 2 heterocycles. The van der Waals surface area contributed by atoms with Crippen molar-refractivity contribution in [2.75, 3.05) is 59.0 Å². The molecule has 28 heavy (non-hydrogen) atoms. The third-order valence-corrected chi connectivity index (χ3v) is 6.65. The number of ether oxygens (including phenoxy) is 1. The van der Waals surface area contributed by atoms with E-state index in [2.05, 4.69) is 4.90 Å². The maximum Gasteiger partial charge on any atom is 0.236 e. The molecule has 2 saturated heterocycles. The molecule has 2 aliphatic heterocycles. The SMILES string of the molecule is O=C(CN1CCOCC1)N1CCN(C(=O)C2(c3ccc(Cl)cc3)CCC2)CC1. The van der Waals surface area contributed by atoms with Crippen molar-refractivity contribution in [3.63, 3.8) is 0 Å². The van der Waals surface area contributed by atoms with Gasteiger partial charge < -0.3 is 14.5 Å². The molecule has 2 amide bonds. The number of halogens is 1. The summed E-state index contributed by atoms with van der Waals surface area (Å²) >= 11 is 6.02. The van der Waals surface area contributed by atoms with Crippen LogP contribution in [0.15, 0.2) is 24.3 Å². The number of rotatable bonds is 4. The highest BCUT2D eigenvalue weighted by Crippen LogP contribution is 2.45. The van der Waals surface area contributed by atoms with E-state index < -0.39 is 5.41 Å². The maximum atomic E-state index is 13.3. The summed E-state index contributed by atoms with van der Waals surface area (Å²) in [6.07, 6.45) is 2.86. The van der Waals surface area contributed by atoms with Crippen LogP contribution in [-0.2, 0) is 19.7 Å². The molecule has 0 aromatic heterocycles. The zero-order chi connectivity index (χ0) is 19.6. The van der Waals surface area contributed by atoms with Crippen molar-refractivity contribution in [2.24, 2.45) is 0 Å². The molecule has 1 aromatic rings. The lowest BCUT2D eigenvalue weighted by Gasteiger charge is -2.46. The van der Waals surface area contributed by atoms with Crippen LogP contribution in [0.3, 0.4) is 0 Å². The smallest absolute Gasteiger partial charge is 0.236 e. The number of nitrogens with zero attached hydrogens (tertiary/aromatic N) is 3. The molecule has 0 spiro atoms. The van der Waals surface area contributed by atoms with Crippen molar-refractivity contribution in [1.29, 1.82) is 0 Å². The largest absolute Gasteiger partial charge is 0.379 e. The Balaban J connectivity index is 1.34. The van der Waals surface area contributed by atoms with Crippen molar-refractivity contribution in [1.82, 2.24) is 14.7 Å². The Bertz CT molecular complexity index is 706. The van der Waals surface area contributed by atoms with Crippen LogP contribution in [0.1, 0.15) is 24.8 Å². The Morgan fingerprint density at radius 3 is 2.11 bits per heavy atom. The first kappa shape index (κ1) is 19.7. The number of amides is 2. The van der Waals surface area contributed by atoms with Crippen molar-refractivity contribution in [2.45, 2.75) is 24.7 Å². The summed E-state index contributed by atoms with van der Waals surface area (Å²) in [5.74, 6) is 0.367. The van der Waals surface area contributed by atoms with E-state index in [1.165, 1.54) is 0 Å². The predicted molar refractivity (Wildman–Crippen MR) is 107 cm³/mol. The molecule has 7 heteroatoms. The van der Waals surface area contributed by atoms with E-state index >= 15 is 0 Å². The van der Waals surface area contributed by atoms with E-state index in [1.54, 1.807) is 0 Å². The quantitative estimate of drug-likeness (QED) is 0.766. The number of benzene rings is 1. The first-order valence-electron chi connectivity index (χ1n) is 10.2. The van der Waals surface area contributed by atoms with E-state index in [0.29, 0.717) is 51.0 Å². The van der Waals surface area contributed by atoms with Crippen LogP contribution in [-0.4, -0.2) is 85.5 Å². The summed E-state index contributed by atoms with van der Waals surface area (Å²) in [6.45, 7) is 5.93. The van der Waals surface area contributed by atoms with Crippen molar-refractivity contribution in [3.05, 3.63) is 34.9 Å². The second-order valence-electron chi connectivity index (χ2n) is 8.00. The minimum atomic E-state index is -0.398. The Hall–Kier alpha value is -1.63. The lowest BCUT2D eigenvalue weighted by molar-refractivity contribution is -0.146. The topological polar surface area (TPSA) is 53.1 Å². The molecule has 152 valence electrons. The van der Waals surface area contributed by atoms with Gasteiger partial charge in [-0.2, -0.15) is 0 Å². The van der Waals surface area contributed by atoms with Gasteiger partial charge in [-0.3, -0.25) is 14.5 Å². The van der Waals surface area contributed by atoms with Crippen LogP contribution >= 0.6 is 11.6 Å². The standard InChI is InChI=1S/C21H28ClN3O3/c22-18-4-2-17(3-5-18)21(6-1-7-21)20(27)25-10-8-24(9-11-25)19(26)16-23-12-14-28-15-13-23/h2-5H,1,6-16H2. The highest BCUT2D eigenvalue weighted by Gasteiger charge is 2.48. The van der Waals surface area contributed by atoms with Gasteiger partial charge in [0.2, 0.25) is 11.8 Å². The summed E-state index contributed by atoms with van der Waals surface area (Å²) in [6, 6.07) is 7.71. The third kappa shape index (κ3) is 3.91. The van der Waals surface area contributed by atoms with E-state index in [4.69, 9.17) is 16.3 Å². The van der Waals surface area contributed by atoms with Crippen molar-refractivity contribution < 1.29 is 14.3 Å². The monoisotopic (exact) mass is 405 g/mol. The van der Waals surface area contributed by atoms with Gasteiger partial charge in [0.05, 0.1) is 25.2 Å². The van der Waals surface area contributed by atoms with Gasteiger partial charge in [0.1, 0.15) is 0 Å². The molecule has 0 radical (unpaired) electrons. The highest BCUT2D eigenvalue weighted by atomic mass is 35.5. The second-order valence-corrected chi connectivity index (χ2v) is 8.44. The molecule has 0 atom stereocenters. The molecule has 1 saturated carbocycles. The average molecular weight is 406 g/mol. The molecule has 0 bridgehead atoms. The summed E-state index contributed by atoms with van der Waals surface area (Å²) in [7, 11) is 0. The minimum Gasteiger partial charge on any atom is -0.379 e. The van der Waals surface area contributed by atoms with Crippen LogP contribution in [0.25, 0.3) is 0 Å². The van der Waals surface area contributed by atoms with Gasteiger partial charge in [-0.15, -0.1) is 0 Å². The zero-order valence-electron chi connectivity index (χ0n) is 16.2. The number of carbonyl (C=O) groups is 2. The first-order valence-corrected chi connectivity index (χ1v) is 10.6. The Morgan fingerprint density at radius 1 is 0.929 bits per heavy atom. The lowest BCUT2D eigenvalue weighted by Crippen LogP contribution is -2.58. The fraction of sp³-hybridized carbons (Fsp3) is 0.619. The Labute approximate surface area is 171 Å². The van der Waals surface area contributed by atoms with Gasteiger partial charge in [0, 0.05) is 44.3 Å². The lowest BCUT2D eigenvalue weighted by atomic mass is 9.63. The van der Waals surface area contributed by atoms with Crippen LogP contribution in [0.5, 0.6) is 0 Å². The molecule has 3 aliphatic rings.